The van der Waals surface area contributed by atoms with Crippen LogP contribution in [-0.2, 0) is 10.3 Å². The molecule has 1 aromatic carbocycles. The van der Waals surface area contributed by atoms with Crippen LogP contribution in [0.3, 0.4) is 0 Å². The van der Waals surface area contributed by atoms with Crippen LogP contribution < -0.4 is 0 Å². The number of alkyl halides is 2. The highest BCUT2D eigenvalue weighted by atomic mass is 79.9. The van der Waals surface area contributed by atoms with E-state index in [0.717, 1.165) is 5.56 Å². The molecular weight excluding hydrogens is 472 g/mol. The molecule has 0 aliphatic heterocycles. The minimum absolute atomic E-state index is 0.0409. The van der Waals surface area contributed by atoms with E-state index in [1.165, 1.54) is 0 Å². The van der Waals surface area contributed by atoms with Crippen LogP contribution in [0.25, 0.3) is 0 Å². The second kappa shape index (κ2) is 5.69. The second-order valence-electron chi connectivity index (χ2n) is 3.40. The van der Waals surface area contributed by atoms with Crippen molar-refractivity contribution in [2.45, 2.75) is 16.3 Å². The molecule has 0 amide bonds. The van der Waals surface area contributed by atoms with E-state index in [2.05, 4.69) is 63.7 Å². The molecule has 0 aliphatic carbocycles. The van der Waals surface area contributed by atoms with Crippen molar-refractivity contribution in [3.63, 3.8) is 0 Å². The van der Waals surface area contributed by atoms with Crippen molar-refractivity contribution >= 4 is 63.7 Å². The van der Waals surface area contributed by atoms with Crippen LogP contribution >= 0.6 is 63.7 Å². The zero-order valence-corrected chi connectivity index (χ0v) is 14.9. The van der Waals surface area contributed by atoms with Crippen molar-refractivity contribution in [2.75, 3.05) is 7.11 Å². The van der Waals surface area contributed by atoms with Crippen molar-refractivity contribution in [1.82, 2.24) is 0 Å². The molecule has 0 heterocycles. The third-order valence-electron chi connectivity index (χ3n) is 2.43. The number of halogens is 4. The van der Waals surface area contributed by atoms with Crippen LogP contribution in [0.1, 0.15) is 12.5 Å². The third-order valence-corrected chi connectivity index (χ3v) is 5.39. The van der Waals surface area contributed by atoms with E-state index in [1.54, 1.807) is 7.11 Å². The maximum Gasteiger partial charge on any atom is 0.143 e. The first kappa shape index (κ1) is 15.0. The van der Waals surface area contributed by atoms with Crippen molar-refractivity contribution < 1.29 is 9.84 Å². The number of phenolic OH excluding ortho intramolecular Hbond substituents is 1. The molecule has 2 nitrogen and oxygen atoms in total. The van der Waals surface area contributed by atoms with E-state index < -0.39 is 5.60 Å². The molecule has 1 unspecified atom stereocenters. The smallest absolute Gasteiger partial charge is 0.143 e. The Morgan fingerprint density at radius 3 is 2.00 bits per heavy atom. The van der Waals surface area contributed by atoms with E-state index in [0.29, 0.717) is 8.95 Å². The first-order valence-corrected chi connectivity index (χ1v) is 7.76. The largest absolute Gasteiger partial charge is 0.506 e. The highest BCUT2D eigenvalue weighted by Crippen LogP contribution is 2.42. The average molecular weight is 482 g/mol. The fourth-order valence-electron chi connectivity index (χ4n) is 1.19. The van der Waals surface area contributed by atoms with Gasteiger partial charge < -0.3 is 9.84 Å². The summed E-state index contributed by atoms with van der Waals surface area (Å²) in [4.78, 5) is 0. The fourth-order valence-corrected chi connectivity index (χ4v) is 3.27. The Balaban J connectivity index is 3.33. The second-order valence-corrected chi connectivity index (χ2v) is 8.17. The molecule has 0 fully saturated rings. The molecule has 1 N–H and O–H groups in total. The number of phenols is 1. The molecule has 1 aromatic rings. The van der Waals surface area contributed by atoms with Gasteiger partial charge in [-0.05, 0) is 56.5 Å². The molecule has 16 heavy (non-hydrogen) atoms. The van der Waals surface area contributed by atoms with Crippen LogP contribution in [0.15, 0.2) is 21.1 Å². The average Bonchev–Trinajstić information content (AvgIpc) is 2.23. The van der Waals surface area contributed by atoms with Gasteiger partial charge in [-0.15, -0.1) is 0 Å². The number of benzene rings is 1. The Morgan fingerprint density at radius 1 is 1.25 bits per heavy atom. The number of hydrogen-bond donors (Lipinski definition) is 1. The van der Waals surface area contributed by atoms with Crippen LogP contribution in [0, 0.1) is 0 Å². The van der Waals surface area contributed by atoms with E-state index in [9.17, 15) is 5.11 Å². The number of methoxy groups -OCH3 is 1. The maximum atomic E-state index is 9.65. The summed E-state index contributed by atoms with van der Waals surface area (Å²) in [6, 6.07) is 3.66. The van der Waals surface area contributed by atoms with Crippen molar-refractivity contribution in [3.05, 3.63) is 26.6 Å². The van der Waals surface area contributed by atoms with Gasteiger partial charge in [0.25, 0.3) is 0 Å². The monoisotopic (exact) mass is 478 g/mol. The van der Waals surface area contributed by atoms with Crippen LogP contribution in [0.2, 0.25) is 0 Å². The number of ether oxygens (including phenoxy) is 1. The highest BCUT2D eigenvalue weighted by molar-refractivity contribution is 9.24. The molecule has 0 aliphatic rings. The molecule has 0 bridgehead atoms. The van der Waals surface area contributed by atoms with Crippen molar-refractivity contribution in [3.8, 4) is 5.75 Å². The van der Waals surface area contributed by atoms with E-state index in [1.807, 2.05) is 19.1 Å². The Kier molecular flexibility index (Phi) is 5.32. The molecule has 0 aromatic heterocycles. The highest BCUT2D eigenvalue weighted by Gasteiger charge is 2.33. The van der Waals surface area contributed by atoms with Gasteiger partial charge in [-0.3, -0.25) is 0 Å². The number of rotatable bonds is 3. The SMILES string of the molecule is COC(C)(c1cc(Br)c(O)c(Br)c1)C(Br)Br. The summed E-state index contributed by atoms with van der Waals surface area (Å²) in [5.74, 6) is 0.183. The fraction of sp³-hybridized carbons (Fsp3) is 0.400. The van der Waals surface area contributed by atoms with E-state index >= 15 is 0 Å². The van der Waals surface area contributed by atoms with E-state index in [4.69, 9.17) is 4.74 Å². The van der Waals surface area contributed by atoms with Gasteiger partial charge in [0.2, 0.25) is 0 Å². The predicted molar refractivity (Wildman–Crippen MR) is 79.5 cm³/mol. The van der Waals surface area contributed by atoms with Gasteiger partial charge in [0.05, 0.1) is 8.95 Å². The van der Waals surface area contributed by atoms with Crippen LogP contribution in [0.4, 0.5) is 0 Å². The molecule has 0 spiro atoms. The Bertz CT molecular complexity index is 371. The molecule has 0 saturated carbocycles. The number of aromatic hydroxyl groups is 1. The van der Waals surface area contributed by atoms with E-state index in [-0.39, 0.29) is 9.49 Å². The van der Waals surface area contributed by atoms with Gasteiger partial charge in [0.1, 0.15) is 15.1 Å². The van der Waals surface area contributed by atoms with Gasteiger partial charge >= 0.3 is 0 Å². The Morgan fingerprint density at radius 2 is 1.69 bits per heavy atom. The summed E-state index contributed by atoms with van der Waals surface area (Å²) < 4.78 is 6.73. The maximum absolute atomic E-state index is 9.65. The minimum atomic E-state index is -0.529. The van der Waals surface area contributed by atoms with Gasteiger partial charge in [0, 0.05) is 7.11 Å². The van der Waals surface area contributed by atoms with Gasteiger partial charge in [0.15, 0.2) is 0 Å². The quantitative estimate of drug-likeness (QED) is 0.623. The lowest BCUT2D eigenvalue weighted by molar-refractivity contribution is 0.0192. The zero-order valence-electron chi connectivity index (χ0n) is 8.60. The van der Waals surface area contributed by atoms with Crippen molar-refractivity contribution in [2.24, 2.45) is 0 Å². The molecule has 6 heteroatoms. The lowest BCUT2D eigenvalue weighted by Crippen LogP contribution is -2.31. The molecular formula is C10H10Br4O2. The zero-order chi connectivity index (χ0) is 12.5. The molecule has 0 radical (unpaired) electrons. The lowest BCUT2D eigenvalue weighted by atomic mass is 9.98. The van der Waals surface area contributed by atoms with Crippen molar-refractivity contribution in [1.29, 1.82) is 0 Å². The lowest BCUT2D eigenvalue weighted by Gasteiger charge is -2.31. The normalized spacial score (nSPS) is 15.2. The number of hydrogen-bond acceptors (Lipinski definition) is 2. The summed E-state index contributed by atoms with van der Waals surface area (Å²) in [7, 11) is 1.64. The summed E-state index contributed by atoms with van der Waals surface area (Å²) in [5.41, 5.74) is 0.406. The van der Waals surface area contributed by atoms with Gasteiger partial charge in [-0.1, -0.05) is 31.9 Å². The molecule has 90 valence electrons. The Labute approximate surface area is 128 Å². The topological polar surface area (TPSA) is 29.5 Å². The summed E-state index contributed by atoms with van der Waals surface area (Å²) in [6.45, 7) is 1.95. The van der Waals surface area contributed by atoms with Crippen LogP contribution in [0.5, 0.6) is 5.75 Å². The summed E-state index contributed by atoms with van der Waals surface area (Å²) in [6.07, 6.45) is 0. The first-order chi connectivity index (χ1) is 7.32. The predicted octanol–water partition coefficient (Wildman–Crippen LogP) is 4.89. The van der Waals surface area contributed by atoms with Gasteiger partial charge in [-0.2, -0.15) is 0 Å². The van der Waals surface area contributed by atoms with Crippen LogP contribution in [-0.4, -0.2) is 16.0 Å². The summed E-state index contributed by atoms with van der Waals surface area (Å²) >= 11 is 13.5. The molecule has 1 rings (SSSR count). The summed E-state index contributed by atoms with van der Waals surface area (Å²) in [5, 5.41) is 9.65. The first-order valence-electron chi connectivity index (χ1n) is 4.34. The Hall–Kier alpha value is 0.900. The molecule has 1 atom stereocenters. The standard InChI is InChI=1S/C10H10Br4O2/c1-10(16-2,9(13)14)5-3-6(11)8(15)7(12)4-5/h3-4,9,15H,1-2H3. The minimum Gasteiger partial charge on any atom is -0.506 e. The molecule has 0 saturated heterocycles. The third kappa shape index (κ3) is 2.83. The van der Waals surface area contributed by atoms with Gasteiger partial charge in [-0.25, -0.2) is 0 Å².